The molecule has 0 fully saturated rings. The Hall–Kier alpha value is -4.28. The lowest BCUT2D eigenvalue weighted by Crippen LogP contribution is -2.11. The standard InChI is InChI=1S/C35H29N3S/c1-22-15-17-28(32-31(22)27-18-16-24(19-30(27)39-32)23-11-7-5-8-12-23)34-37-33-29(20-25(21-36-33)35(2,3)4)38(34)26-13-9-6-10-14-26/h5-21H,1-4H3. The zero-order valence-corrected chi connectivity index (χ0v) is 23.4. The second kappa shape index (κ2) is 8.89. The summed E-state index contributed by atoms with van der Waals surface area (Å²) in [7, 11) is 0. The van der Waals surface area contributed by atoms with Crippen molar-refractivity contribution >= 4 is 42.7 Å². The monoisotopic (exact) mass is 523 g/mol. The van der Waals surface area contributed by atoms with Gasteiger partial charge in [-0.15, -0.1) is 11.3 Å². The number of imidazole rings is 1. The molecule has 0 unspecified atom stereocenters. The number of hydrogen-bond acceptors (Lipinski definition) is 3. The van der Waals surface area contributed by atoms with E-state index in [4.69, 9.17) is 9.97 Å². The summed E-state index contributed by atoms with van der Waals surface area (Å²) in [6.45, 7) is 8.89. The minimum absolute atomic E-state index is 0.00773. The molecule has 0 radical (unpaired) electrons. The molecule has 0 N–H and O–H groups in total. The Morgan fingerprint density at radius 2 is 1.51 bits per heavy atom. The number of nitrogens with zero attached hydrogens (tertiary/aromatic N) is 3. The lowest BCUT2D eigenvalue weighted by molar-refractivity contribution is 0.588. The van der Waals surface area contributed by atoms with Gasteiger partial charge < -0.3 is 0 Å². The lowest BCUT2D eigenvalue weighted by Gasteiger charge is -2.18. The van der Waals surface area contributed by atoms with Crippen LogP contribution in [0, 0.1) is 6.92 Å². The van der Waals surface area contributed by atoms with Gasteiger partial charge in [-0.2, -0.15) is 0 Å². The Morgan fingerprint density at radius 1 is 0.769 bits per heavy atom. The van der Waals surface area contributed by atoms with Crippen molar-refractivity contribution in [1.29, 1.82) is 0 Å². The molecular weight excluding hydrogens is 494 g/mol. The van der Waals surface area contributed by atoms with Crippen molar-refractivity contribution in [2.75, 3.05) is 0 Å². The summed E-state index contributed by atoms with van der Waals surface area (Å²) in [5.74, 6) is 0.926. The molecule has 7 aromatic rings. The lowest BCUT2D eigenvalue weighted by atomic mass is 9.88. The molecule has 39 heavy (non-hydrogen) atoms. The Labute approximate surface area is 232 Å². The van der Waals surface area contributed by atoms with E-state index in [9.17, 15) is 0 Å². The van der Waals surface area contributed by atoms with Crippen LogP contribution < -0.4 is 0 Å². The van der Waals surface area contributed by atoms with E-state index in [-0.39, 0.29) is 5.41 Å². The molecule has 0 aliphatic heterocycles. The van der Waals surface area contributed by atoms with E-state index in [2.05, 4.69) is 129 Å². The average Bonchev–Trinajstić information content (AvgIpc) is 3.52. The summed E-state index contributed by atoms with van der Waals surface area (Å²) in [5.41, 5.74) is 8.97. The van der Waals surface area contributed by atoms with Gasteiger partial charge in [-0.1, -0.05) is 87.5 Å². The van der Waals surface area contributed by atoms with E-state index in [0.717, 1.165) is 28.2 Å². The molecule has 0 saturated carbocycles. The number of rotatable bonds is 3. The first-order valence-electron chi connectivity index (χ1n) is 13.3. The highest BCUT2D eigenvalue weighted by Gasteiger charge is 2.22. The number of benzene rings is 4. The van der Waals surface area contributed by atoms with Crippen LogP contribution in [0.4, 0.5) is 0 Å². The van der Waals surface area contributed by atoms with Crippen LogP contribution >= 0.6 is 11.3 Å². The summed E-state index contributed by atoms with van der Waals surface area (Å²) in [5, 5.41) is 2.60. The van der Waals surface area contributed by atoms with Crippen LogP contribution in [0.3, 0.4) is 0 Å². The third kappa shape index (κ3) is 3.95. The normalized spacial score (nSPS) is 12.1. The quantitative estimate of drug-likeness (QED) is 0.231. The molecule has 0 atom stereocenters. The van der Waals surface area contributed by atoms with Gasteiger partial charge in [0.25, 0.3) is 0 Å². The van der Waals surface area contributed by atoms with Crippen LogP contribution in [0.5, 0.6) is 0 Å². The topological polar surface area (TPSA) is 30.7 Å². The fraction of sp³-hybridized carbons (Fsp3) is 0.143. The molecule has 4 aromatic carbocycles. The number of thiophene rings is 1. The van der Waals surface area contributed by atoms with Crippen molar-refractivity contribution in [2.45, 2.75) is 33.1 Å². The number of aryl methyl sites for hydroxylation is 1. The Balaban J connectivity index is 1.52. The molecule has 3 heterocycles. The van der Waals surface area contributed by atoms with Gasteiger partial charge in [0.05, 0.1) is 5.52 Å². The van der Waals surface area contributed by atoms with Gasteiger partial charge in [0, 0.05) is 37.6 Å². The molecule has 0 aliphatic carbocycles. The van der Waals surface area contributed by atoms with Crippen LogP contribution in [0.15, 0.2) is 103 Å². The summed E-state index contributed by atoms with van der Waals surface area (Å²) >= 11 is 1.85. The number of aromatic nitrogens is 3. The van der Waals surface area contributed by atoms with Crippen LogP contribution in [-0.2, 0) is 5.41 Å². The molecule has 190 valence electrons. The van der Waals surface area contributed by atoms with E-state index >= 15 is 0 Å². The summed E-state index contributed by atoms with van der Waals surface area (Å²) in [6.07, 6.45) is 1.98. The second-order valence-electron chi connectivity index (χ2n) is 11.2. The third-order valence-electron chi connectivity index (χ3n) is 7.57. The van der Waals surface area contributed by atoms with Gasteiger partial charge in [-0.3, -0.25) is 4.57 Å². The fourth-order valence-corrected chi connectivity index (χ4v) is 6.75. The van der Waals surface area contributed by atoms with Gasteiger partial charge in [0.2, 0.25) is 0 Å². The Bertz CT molecular complexity index is 1990. The predicted octanol–water partition coefficient (Wildman–Crippen LogP) is 9.73. The Kier molecular flexibility index (Phi) is 5.43. The van der Waals surface area contributed by atoms with Crippen molar-refractivity contribution in [1.82, 2.24) is 14.5 Å². The van der Waals surface area contributed by atoms with Gasteiger partial charge in [-0.25, -0.2) is 9.97 Å². The van der Waals surface area contributed by atoms with Crippen LogP contribution in [-0.4, -0.2) is 14.5 Å². The van der Waals surface area contributed by atoms with E-state index in [1.165, 1.54) is 42.4 Å². The molecule has 3 nitrogen and oxygen atoms in total. The van der Waals surface area contributed by atoms with Gasteiger partial charge in [0.15, 0.2) is 5.65 Å². The number of para-hydroxylation sites is 1. The second-order valence-corrected chi connectivity index (χ2v) is 12.3. The van der Waals surface area contributed by atoms with Gasteiger partial charge >= 0.3 is 0 Å². The molecule has 0 aliphatic rings. The third-order valence-corrected chi connectivity index (χ3v) is 8.76. The molecule has 3 aromatic heterocycles. The number of fused-ring (bicyclic) bond motifs is 4. The predicted molar refractivity (Wildman–Crippen MR) is 166 cm³/mol. The van der Waals surface area contributed by atoms with E-state index in [0.29, 0.717) is 0 Å². The first-order valence-corrected chi connectivity index (χ1v) is 14.2. The molecule has 7 rings (SSSR count). The SMILES string of the molecule is Cc1ccc(-c2nc3ncc(C(C)(C)C)cc3n2-c2ccccc2)c2sc3cc(-c4ccccc4)ccc3c12. The highest BCUT2D eigenvalue weighted by atomic mass is 32.1. The average molecular weight is 524 g/mol. The van der Waals surface area contributed by atoms with Crippen molar-refractivity contribution in [3.8, 4) is 28.2 Å². The largest absolute Gasteiger partial charge is 0.291 e. The van der Waals surface area contributed by atoms with Gasteiger partial charge in [0.1, 0.15) is 5.82 Å². The zero-order valence-electron chi connectivity index (χ0n) is 22.6. The van der Waals surface area contributed by atoms with E-state index in [1.807, 2.05) is 17.5 Å². The van der Waals surface area contributed by atoms with Crippen molar-refractivity contribution < 1.29 is 0 Å². The first-order chi connectivity index (χ1) is 18.9. The molecule has 0 bridgehead atoms. The summed E-state index contributed by atoms with van der Waals surface area (Å²) in [6, 6.07) is 34.7. The number of pyridine rings is 1. The molecule has 0 spiro atoms. The van der Waals surface area contributed by atoms with Crippen LogP contribution in [0.1, 0.15) is 31.9 Å². The van der Waals surface area contributed by atoms with E-state index < -0.39 is 0 Å². The minimum atomic E-state index is -0.00773. The molecule has 0 amide bonds. The Morgan fingerprint density at radius 3 is 2.26 bits per heavy atom. The van der Waals surface area contributed by atoms with E-state index in [1.54, 1.807) is 0 Å². The fourth-order valence-electron chi connectivity index (χ4n) is 5.42. The highest BCUT2D eigenvalue weighted by Crippen LogP contribution is 2.43. The summed E-state index contributed by atoms with van der Waals surface area (Å²) in [4.78, 5) is 9.99. The van der Waals surface area contributed by atoms with Crippen LogP contribution in [0.2, 0.25) is 0 Å². The minimum Gasteiger partial charge on any atom is -0.291 e. The maximum absolute atomic E-state index is 5.16. The molecule has 0 saturated heterocycles. The maximum atomic E-state index is 5.16. The van der Waals surface area contributed by atoms with Crippen molar-refractivity contribution in [3.63, 3.8) is 0 Å². The van der Waals surface area contributed by atoms with Gasteiger partial charge in [-0.05, 0) is 64.9 Å². The molecular formula is C35H29N3S. The van der Waals surface area contributed by atoms with Crippen LogP contribution in [0.25, 0.3) is 59.5 Å². The molecule has 4 heteroatoms. The highest BCUT2D eigenvalue weighted by molar-refractivity contribution is 7.26. The van der Waals surface area contributed by atoms with Crippen molar-refractivity contribution in [2.24, 2.45) is 0 Å². The zero-order chi connectivity index (χ0) is 26.7. The summed E-state index contributed by atoms with van der Waals surface area (Å²) < 4.78 is 4.83. The number of hydrogen-bond donors (Lipinski definition) is 0. The maximum Gasteiger partial charge on any atom is 0.178 e. The van der Waals surface area contributed by atoms with Crippen molar-refractivity contribution in [3.05, 3.63) is 114 Å². The first kappa shape index (κ1) is 23.8. The smallest absolute Gasteiger partial charge is 0.178 e.